The summed E-state index contributed by atoms with van der Waals surface area (Å²) in [4.78, 5) is 10.2. The Kier molecular flexibility index (Phi) is 8.63. The van der Waals surface area contributed by atoms with Crippen molar-refractivity contribution in [2.24, 2.45) is 4.99 Å². The second-order valence-corrected chi connectivity index (χ2v) is 6.75. The molecule has 1 aliphatic carbocycles. The van der Waals surface area contributed by atoms with Crippen LogP contribution in [0.3, 0.4) is 0 Å². The van der Waals surface area contributed by atoms with Crippen LogP contribution in [0.15, 0.2) is 11.2 Å². The van der Waals surface area contributed by atoms with Crippen molar-refractivity contribution in [1.82, 2.24) is 15.6 Å². The maximum atomic E-state index is 10.4. The number of aryl methyl sites for hydroxylation is 1. The van der Waals surface area contributed by atoms with Gasteiger partial charge >= 0.3 is 0 Å². The largest absolute Gasteiger partial charge is 0.388 e. The Morgan fingerprint density at radius 3 is 2.68 bits per heavy atom. The third kappa shape index (κ3) is 6.00. The molecule has 0 aliphatic heterocycles. The average molecular weight is 438 g/mol. The van der Waals surface area contributed by atoms with Gasteiger partial charge in [0.25, 0.3) is 0 Å². The fourth-order valence-corrected chi connectivity index (χ4v) is 3.32. The van der Waals surface area contributed by atoms with Crippen molar-refractivity contribution < 1.29 is 5.11 Å². The number of guanidine groups is 1. The summed E-state index contributed by atoms with van der Waals surface area (Å²) in [5, 5.41) is 17.9. The molecule has 2 rings (SSSR count). The van der Waals surface area contributed by atoms with Crippen LogP contribution in [-0.4, -0.2) is 34.7 Å². The van der Waals surface area contributed by atoms with Gasteiger partial charge in [-0.2, -0.15) is 0 Å². The van der Waals surface area contributed by atoms with Crippen LogP contribution >= 0.6 is 35.3 Å². The Balaban J connectivity index is 0.00000242. The number of aromatic nitrogens is 1. The minimum Gasteiger partial charge on any atom is -0.388 e. The Hall–Kier alpha value is -0.410. The zero-order valence-corrected chi connectivity index (χ0v) is 16.5. The second kappa shape index (κ2) is 9.67. The van der Waals surface area contributed by atoms with Gasteiger partial charge in [0, 0.05) is 24.2 Å². The predicted molar refractivity (Wildman–Crippen MR) is 103 cm³/mol. The van der Waals surface area contributed by atoms with E-state index in [1.807, 2.05) is 13.1 Å². The fourth-order valence-electron chi connectivity index (χ4n) is 2.53. The molecule has 0 spiro atoms. The summed E-state index contributed by atoms with van der Waals surface area (Å²) in [6.45, 7) is 6.13. The molecule has 3 N–H and O–H groups in total. The normalized spacial score (nSPS) is 17.1. The summed E-state index contributed by atoms with van der Waals surface area (Å²) in [5.41, 5.74) is -0.563. The minimum atomic E-state index is -0.563. The first-order chi connectivity index (χ1) is 10.1. The lowest BCUT2D eigenvalue weighted by Crippen LogP contribution is -2.46. The number of nitrogens with zero attached hydrogens (tertiary/aromatic N) is 2. The highest BCUT2D eigenvalue weighted by Crippen LogP contribution is 2.28. The molecule has 22 heavy (non-hydrogen) atoms. The molecule has 0 amide bonds. The van der Waals surface area contributed by atoms with Gasteiger partial charge in [0.15, 0.2) is 5.96 Å². The monoisotopic (exact) mass is 438 g/mol. The highest BCUT2D eigenvalue weighted by Gasteiger charge is 2.30. The zero-order chi connectivity index (χ0) is 15.1. The number of hydrogen-bond donors (Lipinski definition) is 3. The summed E-state index contributed by atoms with van der Waals surface area (Å²) in [6, 6.07) is 0. The average Bonchev–Trinajstić information content (AvgIpc) is 3.11. The first-order valence-electron chi connectivity index (χ1n) is 7.83. The third-order valence-corrected chi connectivity index (χ3v) is 4.91. The van der Waals surface area contributed by atoms with Crippen molar-refractivity contribution in [3.8, 4) is 0 Å². The molecule has 1 saturated carbocycles. The quantitative estimate of drug-likeness (QED) is 0.363. The summed E-state index contributed by atoms with van der Waals surface area (Å²) in [6.07, 6.45) is 6.94. The van der Waals surface area contributed by atoms with Crippen LogP contribution in [0.2, 0.25) is 0 Å². The van der Waals surface area contributed by atoms with E-state index in [9.17, 15) is 5.11 Å². The van der Waals surface area contributed by atoms with Crippen LogP contribution in [0.25, 0.3) is 0 Å². The molecule has 126 valence electrons. The van der Waals surface area contributed by atoms with Gasteiger partial charge in [0.05, 0.1) is 12.1 Å². The molecule has 0 aromatic carbocycles. The number of aliphatic imine (C=N–C) groups is 1. The van der Waals surface area contributed by atoms with Gasteiger partial charge < -0.3 is 15.7 Å². The van der Waals surface area contributed by atoms with Crippen LogP contribution in [0.1, 0.15) is 49.4 Å². The molecule has 0 saturated heterocycles. The van der Waals surface area contributed by atoms with Crippen molar-refractivity contribution in [1.29, 1.82) is 0 Å². The van der Waals surface area contributed by atoms with E-state index >= 15 is 0 Å². The van der Waals surface area contributed by atoms with Crippen molar-refractivity contribution in [3.63, 3.8) is 0 Å². The highest BCUT2D eigenvalue weighted by atomic mass is 127. The van der Waals surface area contributed by atoms with E-state index in [-0.39, 0.29) is 24.0 Å². The molecule has 0 unspecified atom stereocenters. The molecule has 1 aromatic heterocycles. The fraction of sp³-hybridized carbons (Fsp3) is 0.733. The molecule has 0 atom stereocenters. The third-order valence-electron chi connectivity index (χ3n) is 3.79. The van der Waals surface area contributed by atoms with Gasteiger partial charge in [-0.1, -0.05) is 19.8 Å². The molecular weight excluding hydrogens is 411 g/mol. The molecule has 7 heteroatoms. The smallest absolute Gasteiger partial charge is 0.191 e. The van der Waals surface area contributed by atoms with E-state index < -0.39 is 5.60 Å². The topological polar surface area (TPSA) is 69.5 Å². The molecular formula is C15H27IN4OS. The molecule has 1 heterocycles. The zero-order valence-electron chi connectivity index (χ0n) is 13.4. The standard InChI is InChI=1S/C15H26N4OS.HI/c1-3-12-9-17-13(21-12)10-18-14(16-4-2)19-11-15(20)7-5-6-8-15;/h9,20H,3-8,10-11H2,1-2H3,(H2,16,18,19);1H. The molecule has 0 radical (unpaired) electrons. The first kappa shape index (κ1) is 19.6. The summed E-state index contributed by atoms with van der Waals surface area (Å²) in [7, 11) is 0. The van der Waals surface area contributed by atoms with E-state index in [2.05, 4.69) is 27.5 Å². The van der Waals surface area contributed by atoms with Gasteiger partial charge in [-0.05, 0) is 26.2 Å². The van der Waals surface area contributed by atoms with Crippen LogP contribution in [0, 0.1) is 0 Å². The maximum Gasteiger partial charge on any atom is 0.191 e. The van der Waals surface area contributed by atoms with Gasteiger partial charge in [-0.15, -0.1) is 35.3 Å². The summed E-state index contributed by atoms with van der Waals surface area (Å²) < 4.78 is 0. The summed E-state index contributed by atoms with van der Waals surface area (Å²) in [5.74, 6) is 0.756. The number of hydrogen-bond acceptors (Lipinski definition) is 4. The molecule has 1 aromatic rings. The second-order valence-electron chi connectivity index (χ2n) is 5.55. The van der Waals surface area contributed by atoms with E-state index in [4.69, 9.17) is 0 Å². The van der Waals surface area contributed by atoms with Crippen molar-refractivity contribution >= 4 is 41.3 Å². The van der Waals surface area contributed by atoms with Gasteiger partial charge in [-0.3, -0.25) is 0 Å². The molecule has 1 aliphatic rings. The Labute approximate surface area is 154 Å². The minimum absolute atomic E-state index is 0. The van der Waals surface area contributed by atoms with Gasteiger partial charge in [0.1, 0.15) is 5.01 Å². The maximum absolute atomic E-state index is 10.4. The van der Waals surface area contributed by atoms with Crippen LogP contribution in [0.5, 0.6) is 0 Å². The van der Waals surface area contributed by atoms with E-state index in [0.717, 1.165) is 49.6 Å². The van der Waals surface area contributed by atoms with Crippen LogP contribution < -0.4 is 10.6 Å². The van der Waals surface area contributed by atoms with Crippen LogP contribution in [-0.2, 0) is 13.0 Å². The van der Waals surface area contributed by atoms with Crippen molar-refractivity contribution in [2.45, 2.75) is 58.1 Å². The number of aliphatic hydroxyl groups is 1. The molecule has 0 bridgehead atoms. The lowest BCUT2D eigenvalue weighted by atomic mass is 10.0. The van der Waals surface area contributed by atoms with E-state index in [0.29, 0.717) is 13.1 Å². The SMILES string of the molecule is CCNC(=NCc1ncc(CC)s1)NCC1(O)CCCC1.I. The van der Waals surface area contributed by atoms with Gasteiger partial charge in [-0.25, -0.2) is 9.98 Å². The van der Waals surface area contributed by atoms with Crippen molar-refractivity contribution in [2.75, 3.05) is 13.1 Å². The van der Waals surface area contributed by atoms with Gasteiger partial charge in [0.2, 0.25) is 0 Å². The molecule has 1 fully saturated rings. The highest BCUT2D eigenvalue weighted by molar-refractivity contribution is 14.0. The Morgan fingerprint density at radius 2 is 2.09 bits per heavy atom. The first-order valence-corrected chi connectivity index (χ1v) is 8.65. The van der Waals surface area contributed by atoms with E-state index in [1.54, 1.807) is 11.3 Å². The number of nitrogens with one attached hydrogen (secondary N) is 2. The van der Waals surface area contributed by atoms with Crippen LogP contribution in [0.4, 0.5) is 0 Å². The predicted octanol–water partition coefficient (Wildman–Crippen LogP) is 2.68. The number of halogens is 1. The summed E-state index contributed by atoms with van der Waals surface area (Å²) >= 11 is 1.71. The lowest BCUT2D eigenvalue weighted by Gasteiger charge is -2.23. The Bertz CT molecular complexity index is 472. The van der Waals surface area contributed by atoms with E-state index in [1.165, 1.54) is 4.88 Å². The number of thiazole rings is 1. The number of rotatable bonds is 6. The lowest BCUT2D eigenvalue weighted by molar-refractivity contribution is 0.0522. The van der Waals surface area contributed by atoms with Crippen molar-refractivity contribution in [3.05, 3.63) is 16.1 Å². The molecule has 5 nitrogen and oxygen atoms in total. The Morgan fingerprint density at radius 1 is 1.36 bits per heavy atom.